The third kappa shape index (κ3) is 5.75. The molecule has 9 heteroatoms. The number of aromatic nitrogens is 2. The monoisotopic (exact) mass is 491 g/mol. The van der Waals surface area contributed by atoms with Gasteiger partial charge in [0.1, 0.15) is 35.2 Å². The fourth-order valence-corrected chi connectivity index (χ4v) is 4.64. The molecule has 0 aliphatic carbocycles. The van der Waals surface area contributed by atoms with Crippen LogP contribution in [0.5, 0.6) is 5.75 Å². The number of fused-ring (bicyclic) bond motifs is 1. The number of thiophene rings is 1. The minimum atomic E-state index is -0.539. The zero-order valence-electron chi connectivity index (χ0n) is 19.4. The van der Waals surface area contributed by atoms with E-state index in [0.29, 0.717) is 26.4 Å². The van der Waals surface area contributed by atoms with Crippen molar-refractivity contribution in [2.24, 2.45) is 0 Å². The Hall–Kier alpha value is -3.98. The van der Waals surface area contributed by atoms with Gasteiger partial charge in [-0.2, -0.15) is 0 Å². The van der Waals surface area contributed by atoms with Gasteiger partial charge in [0.15, 0.2) is 0 Å². The lowest BCUT2D eigenvalue weighted by molar-refractivity contribution is -0.122. The van der Waals surface area contributed by atoms with Gasteiger partial charge in [0, 0.05) is 0 Å². The molecule has 1 unspecified atom stereocenters. The molecule has 0 fully saturated rings. The van der Waals surface area contributed by atoms with Crippen LogP contribution in [-0.4, -0.2) is 34.6 Å². The number of carbonyl (C=O) groups is 2. The molecule has 2 aromatic heterocycles. The summed E-state index contributed by atoms with van der Waals surface area (Å²) in [5.74, 6) is -0.161. The summed E-state index contributed by atoms with van der Waals surface area (Å²) in [4.78, 5) is 43.3. The Morgan fingerprint density at radius 1 is 1.06 bits per heavy atom. The molecule has 180 valence electrons. The van der Waals surface area contributed by atoms with E-state index in [4.69, 9.17) is 9.47 Å². The summed E-state index contributed by atoms with van der Waals surface area (Å²) in [5.41, 5.74) is 1.08. The number of rotatable bonds is 9. The summed E-state index contributed by atoms with van der Waals surface area (Å²) in [6.45, 7) is 3.66. The number of hydrogen-bond donors (Lipinski definition) is 1. The van der Waals surface area contributed by atoms with Crippen LogP contribution in [0.3, 0.4) is 0 Å². The summed E-state index contributed by atoms with van der Waals surface area (Å²) in [6.07, 6.45) is 1.33. The van der Waals surface area contributed by atoms with Crippen molar-refractivity contribution in [3.05, 3.63) is 93.3 Å². The van der Waals surface area contributed by atoms with Gasteiger partial charge in [-0.15, -0.1) is 11.3 Å². The van der Waals surface area contributed by atoms with Gasteiger partial charge in [-0.1, -0.05) is 48.5 Å². The van der Waals surface area contributed by atoms with Crippen LogP contribution in [0.1, 0.15) is 33.8 Å². The highest BCUT2D eigenvalue weighted by Gasteiger charge is 2.21. The van der Waals surface area contributed by atoms with E-state index in [1.54, 1.807) is 6.92 Å². The third-order valence-corrected chi connectivity index (χ3v) is 6.60. The van der Waals surface area contributed by atoms with Crippen molar-refractivity contribution in [3.63, 3.8) is 0 Å². The van der Waals surface area contributed by atoms with Crippen molar-refractivity contribution in [1.29, 1.82) is 0 Å². The second kappa shape index (κ2) is 11.0. The number of nitrogens with zero attached hydrogens (tertiary/aromatic N) is 2. The highest BCUT2D eigenvalue weighted by Crippen LogP contribution is 2.27. The number of para-hydroxylation sites is 1. The molecule has 4 aromatic rings. The van der Waals surface area contributed by atoms with E-state index < -0.39 is 5.97 Å². The number of amides is 1. The molecule has 0 saturated carbocycles. The van der Waals surface area contributed by atoms with Crippen LogP contribution in [0.4, 0.5) is 0 Å². The highest BCUT2D eigenvalue weighted by atomic mass is 32.1. The molecule has 0 spiro atoms. The summed E-state index contributed by atoms with van der Waals surface area (Å²) in [5, 5.41) is 3.20. The van der Waals surface area contributed by atoms with Crippen LogP contribution in [-0.2, 0) is 16.1 Å². The van der Waals surface area contributed by atoms with E-state index >= 15 is 0 Å². The largest absolute Gasteiger partial charge is 0.490 e. The van der Waals surface area contributed by atoms with E-state index in [0.717, 1.165) is 16.9 Å². The smallest absolute Gasteiger partial charge is 0.348 e. The first-order chi connectivity index (χ1) is 16.9. The maximum atomic E-state index is 13.1. The van der Waals surface area contributed by atoms with Crippen molar-refractivity contribution in [1.82, 2.24) is 14.9 Å². The Balaban J connectivity index is 1.41. The summed E-state index contributed by atoms with van der Waals surface area (Å²) >= 11 is 1.10. The fraction of sp³-hybridized carbons (Fsp3) is 0.231. The SMILES string of the molecule is Cc1c(C(=O)OCCOc2ccccc2)sc2ncn(CC(=O)NC(C)c3ccccc3)c(=O)c12. The Morgan fingerprint density at radius 3 is 2.46 bits per heavy atom. The van der Waals surface area contributed by atoms with Gasteiger partial charge in [0.05, 0.1) is 17.8 Å². The first-order valence-corrected chi connectivity index (χ1v) is 11.9. The van der Waals surface area contributed by atoms with E-state index in [1.165, 1.54) is 10.9 Å². The first kappa shape index (κ1) is 24.2. The quantitative estimate of drug-likeness (QED) is 0.282. The molecule has 0 aliphatic heterocycles. The van der Waals surface area contributed by atoms with Gasteiger partial charge in [-0.05, 0) is 37.1 Å². The third-order valence-electron chi connectivity index (χ3n) is 5.42. The first-order valence-electron chi connectivity index (χ1n) is 11.1. The lowest BCUT2D eigenvalue weighted by Crippen LogP contribution is -2.34. The summed E-state index contributed by atoms with van der Waals surface area (Å²) in [6, 6.07) is 18.6. The van der Waals surface area contributed by atoms with Crippen molar-refractivity contribution in [2.75, 3.05) is 13.2 Å². The molecular weight excluding hydrogens is 466 g/mol. The van der Waals surface area contributed by atoms with Crippen molar-refractivity contribution < 1.29 is 19.1 Å². The zero-order valence-corrected chi connectivity index (χ0v) is 20.2. The number of nitrogens with one attached hydrogen (secondary N) is 1. The van der Waals surface area contributed by atoms with Crippen molar-refractivity contribution in [2.45, 2.75) is 26.4 Å². The standard InChI is InChI=1S/C26H25N3O5S/c1-17-22-24(35-23(17)26(32)34-14-13-33-20-11-7-4-8-12-20)27-16-29(25(22)31)15-21(30)28-18(2)19-9-5-3-6-10-19/h3-12,16,18H,13-15H2,1-2H3,(H,28,30). The van der Waals surface area contributed by atoms with E-state index in [9.17, 15) is 14.4 Å². The number of benzene rings is 2. The van der Waals surface area contributed by atoms with Crippen LogP contribution in [0.25, 0.3) is 10.2 Å². The maximum absolute atomic E-state index is 13.1. The topological polar surface area (TPSA) is 99.5 Å². The number of esters is 1. The van der Waals surface area contributed by atoms with Crippen molar-refractivity contribution in [3.8, 4) is 5.75 Å². The fourth-order valence-electron chi connectivity index (χ4n) is 3.61. The summed E-state index contributed by atoms with van der Waals surface area (Å²) in [7, 11) is 0. The lowest BCUT2D eigenvalue weighted by atomic mass is 10.1. The molecule has 1 amide bonds. The molecule has 8 nitrogen and oxygen atoms in total. The molecule has 4 rings (SSSR count). The van der Waals surface area contributed by atoms with E-state index in [-0.39, 0.29) is 37.3 Å². The molecule has 0 saturated heterocycles. The predicted octanol–water partition coefficient (Wildman–Crippen LogP) is 3.88. The summed E-state index contributed by atoms with van der Waals surface area (Å²) < 4.78 is 12.1. The molecule has 35 heavy (non-hydrogen) atoms. The predicted molar refractivity (Wildman–Crippen MR) is 134 cm³/mol. The minimum Gasteiger partial charge on any atom is -0.490 e. The lowest BCUT2D eigenvalue weighted by Gasteiger charge is -2.14. The molecule has 2 aromatic carbocycles. The number of ether oxygens (including phenoxy) is 2. The number of aryl methyl sites for hydroxylation is 1. The average molecular weight is 492 g/mol. The number of carbonyl (C=O) groups excluding carboxylic acids is 2. The van der Waals surface area contributed by atoms with Crippen LogP contribution >= 0.6 is 11.3 Å². The maximum Gasteiger partial charge on any atom is 0.348 e. The number of hydrogen-bond acceptors (Lipinski definition) is 7. The molecule has 0 radical (unpaired) electrons. The van der Waals surface area contributed by atoms with Crippen LogP contribution < -0.4 is 15.6 Å². The van der Waals surface area contributed by atoms with Gasteiger partial charge in [-0.3, -0.25) is 14.2 Å². The Morgan fingerprint density at radius 2 is 1.74 bits per heavy atom. The molecule has 1 atom stereocenters. The minimum absolute atomic E-state index is 0.0683. The van der Waals surface area contributed by atoms with Gasteiger partial charge in [0.25, 0.3) is 5.56 Å². The van der Waals surface area contributed by atoms with Gasteiger partial charge < -0.3 is 14.8 Å². The Labute approximate surface area is 206 Å². The molecular formula is C26H25N3O5S. The Bertz CT molecular complexity index is 1380. The second-order valence-electron chi connectivity index (χ2n) is 7.91. The molecule has 1 N–H and O–H groups in total. The highest BCUT2D eigenvalue weighted by molar-refractivity contribution is 7.20. The van der Waals surface area contributed by atoms with E-state index in [1.807, 2.05) is 67.6 Å². The molecule has 0 bridgehead atoms. The van der Waals surface area contributed by atoms with Gasteiger partial charge in [-0.25, -0.2) is 9.78 Å². The second-order valence-corrected chi connectivity index (χ2v) is 8.91. The van der Waals surface area contributed by atoms with E-state index in [2.05, 4.69) is 10.3 Å². The average Bonchev–Trinajstić information content (AvgIpc) is 3.21. The Kier molecular flexibility index (Phi) is 7.57. The van der Waals surface area contributed by atoms with Gasteiger partial charge >= 0.3 is 5.97 Å². The van der Waals surface area contributed by atoms with Crippen LogP contribution in [0, 0.1) is 6.92 Å². The van der Waals surface area contributed by atoms with Crippen LogP contribution in [0.2, 0.25) is 0 Å². The van der Waals surface area contributed by atoms with Crippen LogP contribution in [0.15, 0.2) is 71.8 Å². The normalized spacial score (nSPS) is 11.7. The van der Waals surface area contributed by atoms with Crippen molar-refractivity contribution >= 4 is 33.4 Å². The zero-order chi connectivity index (χ0) is 24.8. The van der Waals surface area contributed by atoms with Gasteiger partial charge in [0.2, 0.25) is 5.91 Å². The molecule has 2 heterocycles. The molecule has 0 aliphatic rings.